The first-order chi connectivity index (χ1) is 18.1. The molecule has 1 amide bonds. The number of amides is 1. The Morgan fingerprint density at radius 2 is 1.47 bits per heavy atom. The number of imidazole rings is 1. The second-order valence-electron chi connectivity index (χ2n) is 10.1. The first kappa shape index (κ1) is 31.4. The van der Waals surface area contributed by atoms with E-state index in [1.54, 1.807) is 6.20 Å². The van der Waals surface area contributed by atoms with Gasteiger partial charge in [-0.1, -0.05) is 102 Å². The summed E-state index contributed by atoms with van der Waals surface area (Å²) in [5, 5.41) is 0. The van der Waals surface area contributed by atoms with Gasteiger partial charge in [-0.05, 0) is 48.7 Å². The van der Waals surface area contributed by atoms with Crippen LogP contribution < -0.4 is 10.5 Å². The van der Waals surface area contributed by atoms with Gasteiger partial charge in [0.15, 0.2) is 0 Å². The smallest absolute Gasteiger partial charge is 0.229 e. The van der Waals surface area contributed by atoms with E-state index in [1.165, 1.54) is 70.6 Å². The average Bonchev–Trinajstić information content (AvgIpc) is 3.33. The van der Waals surface area contributed by atoms with Gasteiger partial charge in [-0.3, -0.25) is 4.79 Å². The first-order valence-electron chi connectivity index (χ1n) is 14.2. The van der Waals surface area contributed by atoms with Crippen molar-refractivity contribution in [2.75, 3.05) is 6.61 Å². The number of rotatable bonds is 18. The minimum Gasteiger partial charge on any atom is -0.494 e. The quantitative estimate of drug-likeness (QED) is 0.165. The SMILES string of the molecule is CCCCCCCCCCCCCCOc1ccc(C(C(N)=O)c2cccc(-n3ccnc3C)c2)cc1.Cl. The Hall–Kier alpha value is -2.79. The summed E-state index contributed by atoms with van der Waals surface area (Å²) in [6.45, 7) is 4.95. The molecular formula is C32H46ClN3O2. The minimum absolute atomic E-state index is 0. The number of aromatic nitrogens is 2. The highest BCUT2D eigenvalue weighted by Gasteiger charge is 2.21. The Morgan fingerprint density at radius 3 is 2.03 bits per heavy atom. The van der Waals surface area contributed by atoms with Crippen LogP contribution in [0.5, 0.6) is 5.75 Å². The Morgan fingerprint density at radius 1 is 0.868 bits per heavy atom. The Labute approximate surface area is 235 Å². The second kappa shape index (κ2) is 17.7. The maximum absolute atomic E-state index is 12.4. The van der Waals surface area contributed by atoms with Crippen molar-refractivity contribution in [3.8, 4) is 11.4 Å². The van der Waals surface area contributed by atoms with Crippen molar-refractivity contribution in [2.24, 2.45) is 5.73 Å². The van der Waals surface area contributed by atoms with E-state index in [-0.39, 0.29) is 18.3 Å². The van der Waals surface area contributed by atoms with Crippen molar-refractivity contribution in [2.45, 2.75) is 96.8 Å². The molecule has 0 saturated carbocycles. The van der Waals surface area contributed by atoms with Crippen molar-refractivity contribution in [1.29, 1.82) is 0 Å². The molecule has 5 nitrogen and oxygen atoms in total. The summed E-state index contributed by atoms with van der Waals surface area (Å²) in [5.74, 6) is 0.833. The highest BCUT2D eigenvalue weighted by Crippen LogP contribution is 2.28. The lowest BCUT2D eigenvalue weighted by Crippen LogP contribution is -2.22. The summed E-state index contributed by atoms with van der Waals surface area (Å²) < 4.78 is 7.95. The number of carbonyl (C=O) groups is 1. The zero-order chi connectivity index (χ0) is 26.3. The van der Waals surface area contributed by atoms with Crippen LogP contribution in [0.4, 0.5) is 0 Å². The number of carbonyl (C=O) groups excluding carboxylic acids is 1. The van der Waals surface area contributed by atoms with Gasteiger partial charge in [-0.15, -0.1) is 12.4 Å². The molecule has 1 atom stereocenters. The summed E-state index contributed by atoms with van der Waals surface area (Å²) in [5.41, 5.74) is 8.53. The van der Waals surface area contributed by atoms with Crippen LogP contribution in [-0.2, 0) is 4.79 Å². The molecule has 0 radical (unpaired) electrons. The fourth-order valence-corrected chi connectivity index (χ4v) is 4.92. The third-order valence-electron chi connectivity index (χ3n) is 7.07. The molecule has 0 saturated heterocycles. The Kier molecular flexibility index (Phi) is 14.6. The fourth-order valence-electron chi connectivity index (χ4n) is 4.92. The third kappa shape index (κ3) is 10.2. The van der Waals surface area contributed by atoms with Crippen LogP contribution in [0.1, 0.15) is 107 Å². The molecule has 0 spiro atoms. The van der Waals surface area contributed by atoms with E-state index >= 15 is 0 Å². The molecule has 0 fully saturated rings. The van der Waals surface area contributed by atoms with Crippen molar-refractivity contribution in [1.82, 2.24) is 9.55 Å². The molecule has 2 N–H and O–H groups in total. The standard InChI is InChI=1S/C32H45N3O2.ClH/c1-3-4-5-6-7-8-9-10-11-12-13-14-24-37-30-20-18-27(19-21-30)31(32(33)36)28-16-15-17-29(25-28)35-23-22-34-26(35)2;/h15-23,25,31H,3-14,24H2,1-2H3,(H2,33,36);1H. The normalized spacial score (nSPS) is 11.6. The van der Waals surface area contributed by atoms with Crippen LogP contribution in [-0.4, -0.2) is 22.1 Å². The summed E-state index contributed by atoms with van der Waals surface area (Å²) in [6.07, 6.45) is 19.7. The topological polar surface area (TPSA) is 70.1 Å². The van der Waals surface area contributed by atoms with Gasteiger partial charge < -0.3 is 15.0 Å². The molecule has 0 aliphatic rings. The predicted octanol–water partition coefficient (Wildman–Crippen LogP) is 8.30. The Balaban J connectivity index is 0.00000507. The number of unbranched alkanes of at least 4 members (excludes halogenated alkanes) is 11. The van der Waals surface area contributed by atoms with Crippen LogP contribution in [0.2, 0.25) is 0 Å². The average molecular weight is 540 g/mol. The number of nitrogens with two attached hydrogens (primary N) is 1. The highest BCUT2D eigenvalue weighted by atomic mass is 35.5. The van der Waals surface area contributed by atoms with Crippen LogP contribution in [0.15, 0.2) is 60.9 Å². The minimum atomic E-state index is -0.519. The van der Waals surface area contributed by atoms with Gasteiger partial charge in [0.25, 0.3) is 0 Å². The first-order valence-corrected chi connectivity index (χ1v) is 14.2. The molecule has 38 heavy (non-hydrogen) atoms. The molecule has 2 aromatic carbocycles. The molecular weight excluding hydrogens is 494 g/mol. The van der Waals surface area contributed by atoms with Crippen molar-refractivity contribution in [3.05, 3.63) is 77.9 Å². The molecule has 3 rings (SSSR count). The zero-order valence-electron chi connectivity index (χ0n) is 23.2. The van der Waals surface area contributed by atoms with Gasteiger partial charge in [-0.2, -0.15) is 0 Å². The number of ether oxygens (including phenoxy) is 1. The molecule has 0 aliphatic carbocycles. The molecule has 0 bridgehead atoms. The monoisotopic (exact) mass is 539 g/mol. The van der Waals surface area contributed by atoms with Gasteiger partial charge >= 0.3 is 0 Å². The lowest BCUT2D eigenvalue weighted by molar-refractivity contribution is -0.118. The largest absolute Gasteiger partial charge is 0.494 e. The van der Waals surface area contributed by atoms with Crippen LogP contribution >= 0.6 is 12.4 Å². The van der Waals surface area contributed by atoms with E-state index in [1.807, 2.05) is 66.2 Å². The summed E-state index contributed by atoms with van der Waals surface area (Å²) in [6, 6.07) is 15.7. The lowest BCUT2D eigenvalue weighted by Gasteiger charge is -2.17. The van der Waals surface area contributed by atoms with Crippen molar-refractivity contribution >= 4 is 18.3 Å². The number of hydrogen-bond acceptors (Lipinski definition) is 3. The second-order valence-corrected chi connectivity index (χ2v) is 10.1. The molecule has 0 aliphatic heterocycles. The lowest BCUT2D eigenvalue weighted by atomic mass is 9.90. The van der Waals surface area contributed by atoms with E-state index in [2.05, 4.69) is 11.9 Å². The van der Waals surface area contributed by atoms with Crippen molar-refractivity contribution < 1.29 is 9.53 Å². The molecule has 208 valence electrons. The summed E-state index contributed by atoms with van der Waals surface area (Å²) >= 11 is 0. The van der Waals surface area contributed by atoms with E-state index in [0.717, 1.165) is 41.4 Å². The van der Waals surface area contributed by atoms with Gasteiger partial charge in [0.05, 0.1) is 12.5 Å². The number of benzene rings is 2. The van der Waals surface area contributed by atoms with Crippen LogP contribution in [0.25, 0.3) is 5.69 Å². The number of hydrogen-bond donors (Lipinski definition) is 1. The van der Waals surface area contributed by atoms with Gasteiger partial charge in [-0.25, -0.2) is 4.98 Å². The number of nitrogens with zero attached hydrogens (tertiary/aromatic N) is 2. The van der Waals surface area contributed by atoms with Gasteiger partial charge in [0, 0.05) is 18.1 Å². The maximum Gasteiger partial charge on any atom is 0.229 e. The van der Waals surface area contributed by atoms with E-state index < -0.39 is 5.92 Å². The highest BCUT2D eigenvalue weighted by molar-refractivity contribution is 5.86. The molecule has 1 unspecified atom stereocenters. The third-order valence-corrected chi connectivity index (χ3v) is 7.07. The molecule has 6 heteroatoms. The van der Waals surface area contributed by atoms with E-state index in [4.69, 9.17) is 10.5 Å². The van der Waals surface area contributed by atoms with Crippen molar-refractivity contribution in [3.63, 3.8) is 0 Å². The van der Waals surface area contributed by atoms with Crippen LogP contribution in [0.3, 0.4) is 0 Å². The summed E-state index contributed by atoms with van der Waals surface area (Å²) in [4.78, 5) is 16.7. The summed E-state index contributed by atoms with van der Waals surface area (Å²) in [7, 11) is 0. The molecule has 1 heterocycles. The van der Waals surface area contributed by atoms with Gasteiger partial charge in [0.2, 0.25) is 5.91 Å². The van der Waals surface area contributed by atoms with Crippen LogP contribution in [0, 0.1) is 6.92 Å². The number of primary amides is 1. The molecule has 3 aromatic rings. The predicted molar refractivity (Wildman–Crippen MR) is 160 cm³/mol. The number of halogens is 1. The number of aryl methyl sites for hydroxylation is 1. The maximum atomic E-state index is 12.4. The van der Waals surface area contributed by atoms with E-state index in [9.17, 15) is 4.79 Å². The molecule has 1 aromatic heterocycles. The van der Waals surface area contributed by atoms with Gasteiger partial charge in [0.1, 0.15) is 11.6 Å². The van der Waals surface area contributed by atoms with E-state index in [0.29, 0.717) is 0 Å². The Bertz CT molecular complexity index is 1060. The fraction of sp³-hybridized carbons (Fsp3) is 0.500. The zero-order valence-corrected chi connectivity index (χ0v) is 24.1.